The van der Waals surface area contributed by atoms with Gasteiger partial charge in [0, 0.05) is 30.4 Å². The normalized spacial score (nSPS) is 10.7. The van der Waals surface area contributed by atoms with Crippen molar-refractivity contribution in [2.45, 2.75) is 20.8 Å². The first-order chi connectivity index (χ1) is 13.0. The molecule has 6 nitrogen and oxygen atoms in total. The van der Waals surface area contributed by atoms with E-state index in [1.165, 1.54) is 0 Å². The van der Waals surface area contributed by atoms with Crippen molar-refractivity contribution in [3.05, 3.63) is 64.9 Å². The molecule has 0 aliphatic rings. The minimum atomic E-state index is -0.239. The number of nitrogens with zero attached hydrogens (tertiary/aromatic N) is 4. The molecule has 0 radical (unpaired) electrons. The van der Waals surface area contributed by atoms with Crippen LogP contribution in [0.4, 0.5) is 11.6 Å². The van der Waals surface area contributed by atoms with E-state index in [1.807, 2.05) is 31.2 Å². The molecule has 0 saturated heterocycles. The molecule has 140 valence electrons. The predicted molar refractivity (Wildman–Crippen MR) is 109 cm³/mol. The summed E-state index contributed by atoms with van der Waals surface area (Å²) >= 11 is 6.08. The predicted octanol–water partition coefficient (Wildman–Crippen LogP) is 4.33. The van der Waals surface area contributed by atoms with Crippen LogP contribution in [-0.4, -0.2) is 33.8 Å². The minimum Gasteiger partial charge on any atom is -0.357 e. The summed E-state index contributed by atoms with van der Waals surface area (Å²) in [5.74, 6) is 1.20. The highest BCUT2D eigenvalue weighted by molar-refractivity contribution is 6.30. The van der Waals surface area contributed by atoms with Gasteiger partial charge in [-0.2, -0.15) is 5.10 Å². The average Bonchev–Trinajstić information content (AvgIpc) is 3.03. The molecule has 2 aromatic heterocycles. The van der Waals surface area contributed by atoms with E-state index in [0.717, 1.165) is 30.3 Å². The lowest BCUT2D eigenvalue weighted by molar-refractivity contribution is 0.102. The summed E-state index contributed by atoms with van der Waals surface area (Å²) in [6, 6.07) is 12.8. The first-order valence-electron chi connectivity index (χ1n) is 8.86. The van der Waals surface area contributed by atoms with Crippen LogP contribution in [0.25, 0.3) is 5.69 Å². The van der Waals surface area contributed by atoms with Crippen molar-refractivity contribution in [1.82, 2.24) is 14.8 Å². The lowest BCUT2D eigenvalue weighted by atomic mass is 10.2. The Bertz CT molecular complexity index is 932. The van der Waals surface area contributed by atoms with Crippen LogP contribution in [0.5, 0.6) is 0 Å². The molecule has 0 bridgehead atoms. The topological polar surface area (TPSA) is 63.1 Å². The maximum atomic E-state index is 12.7. The highest BCUT2D eigenvalue weighted by atomic mass is 35.5. The molecule has 0 aliphatic heterocycles. The van der Waals surface area contributed by atoms with E-state index < -0.39 is 0 Å². The lowest BCUT2D eigenvalue weighted by Crippen LogP contribution is -2.23. The van der Waals surface area contributed by atoms with Gasteiger partial charge in [0.2, 0.25) is 0 Å². The molecule has 7 heteroatoms. The van der Waals surface area contributed by atoms with Crippen LogP contribution in [0.1, 0.15) is 29.9 Å². The number of carbonyl (C=O) groups is 1. The van der Waals surface area contributed by atoms with Gasteiger partial charge >= 0.3 is 0 Å². The molecular formula is C20H22ClN5O. The van der Waals surface area contributed by atoms with Crippen molar-refractivity contribution in [3.8, 4) is 5.69 Å². The summed E-state index contributed by atoms with van der Waals surface area (Å²) in [5.41, 5.74) is 2.06. The number of benzene rings is 1. The smallest absolute Gasteiger partial charge is 0.258 e. The second-order valence-electron chi connectivity index (χ2n) is 6.09. The van der Waals surface area contributed by atoms with Crippen LogP contribution in [0.15, 0.2) is 48.7 Å². The number of aromatic nitrogens is 3. The van der Waals surface area contributed by atoms with E-state index in [4.69, 9.17) is 11.6 Å². The van der Waals surface area contributed by atoms with E-state index in [9.17, 15) is 4.79 Å². The van der Waals surface area contributed by atoms with E-state index in [-0.39, 0.29) is 5.91 Å². The number of carbonyl (C=O) groups excluding carboxylic acids is 1. The molecule has 1 aromatic carbocycles. The first-order valence-corrected chi connectivity index (χ1v) is 9.24. The number of aryl methyl sites for hydroxylation is 1. The number of pyridine rings is 1. The molecule has 27 heavy (non-hydrogen) atoms. The Hall–Kier alpha value is -2.86. The van der Waals surface area contributed by atoms with E-state index >= 15 is 0 Å². The van der Waals surface area contributed by atoms with Crippen LogP contribution in [0, 0.1) is 6.92 Å². The number of nitrogens with one attached hydrogen (secondary N) is 1. The molecule has 3 rings (SSSR count). The highest BCUT2D eigenvalue weighted by Crippen LogP contribution is 2.21. The molecule has 3 aromatic rings. The Kier molecular flexibility index (Phi) is 5.76. The fraction of sp³-hybridized carbons (Fsp3) is 0.250. The molecule has 0 spiro atoms. The summed E-state index contributed by atoms with van der Waals surface area (Å²) in [5, 5.41) is 7.96. The molecule has 2 heterocycles. The Morgan fingerprint density at radius 2 is 1.96 bits per heavy atom. The third-order valence-corrected chi connectivity index (χ3v) is 4.46. The summed E-state index contributed by atoms with van der Waals surface area (Å²) in [6.07, 6.45) is 1.59. The van der Waals surface area contributed by atoms with Gasteiger partial charge in [0.25, 0.3) is 5.91 Å². The summed E-state index contributed by atoms with van der Waals surface area (Å²) in [6.45, 7) is 7.76. The van der Waals surface area contributed by atoms with Gasteiger partial charge in [0.1, 0.15) is 11.6 Å². The Morgan fingerprint density at radius 1 is 1.19 bits per heavy atom. The molecule has 0 aliphatic carbocycles. The van der Waals surface area contributed by atoms with Crippen molar-refractivity contribution < 1.29 is 4.79 Å². The molecule has 1 amide bonds. The maximum absolute atomic E-state index is 12.7. The number of hydrogen-bond donors (Lipinski definition) is 1. The number of halogens is 1. The van der Waals surface area contributed by atoms with Gasteiger partial charge in [0.15, 0.2) is 0 Å². The molecule has 0 fully saturated rings. The third-order valence-electron chi connectivity index (χ3n) is 4.22. The zero-order valence-corrected chi connectivity index (χ0v) is 16.4. The number of hydrogen-bond acceptors (Lipinski definition) is 4. The standard InChI is InChI=1S/C20H22ClN5O/c1-4-25(5-2)18-10-9-15(13-22-18)20(27)23-19-11-14(3)24-26(19)17-8-6-7-16(21)12-17/h6-13H,4-5H2,1-3H3,(H,23,27). The van der Waals surface area contributed by atoms with Crippen molar-refractivity contribution in [1.29, 1.82) is 0 Å². The Balaban J connectivity index is 1.82. The van der Waals surface area contributed by atoms with Crippen molar-refractivity contribution in [2.75, 3.05) is 23.3 Å². The van der Waals surface area contributed by atoms with Gasteiger partial charge in [-0.3, -0.25) is 4.79 Å². The number of anilines is 2. The van der Waals surface area contributed by atoms with Crippen LogP contribution in [0.2, 0.25) is 5.02 Å². The first kappa shape index (κ1) is 18.9. The maximum Gasteiger partial charge on any atom is 0.258 e. The minimum absolute atomic E-state index is 0.239. The zero-order valence-electron chi connectivity index (χ0n) is 15.6. The van der Waals surface area contributed by atoms with Crippen LogP contribution in [0.3, 0.4) is 0 Å². The fourth-order valence-corrected chi connectivity index (χ4v) is 3.02. The summed E-state index contributed by atoms with van der Waals surface area (Å²) in [4.78, 5) is 19.2. The van der Waals surface area contributed by atoms with Gasteiger partial charge in [-0.25, -0.2) is 9.67 Å². The van der Waals surface area contributed by atoms with Crippen LogP contribution < -0.4 is 10.2 Å². The van der Waals surface area contributed by atoms with Gasteiger partial charge in [-0.1, -0.05) is 17.7 Å². The van der Waals surface area contributed by atoms with Crippen molar-refractivity contribution >= 4 is 29.1 Å². The molecule has 0 atom stereocenters. The second kappa shape index (κ2) is 8.22. The molecule has 1 N–H and O–H groups in total. The monoisotopic (exact) mass is 383 g/mol. The summed E-state index contributed by atoms with van der Waals surface area (Å²) in [7, 11) is 0. The second-order valence-corrected chi connectivity index (χ2v) is 6.53. The van der Waals surface area contributed by atoms with Gasteiger partial charge in [-0.05, 0) is 51.1 Å². The third kappa shape index (κ3) is 4.28. The average molecular weight is 384 g/mol. The van der Waals surface area contributed by atoms with Gasteiger partial charge < -0.3 is 10.2 Å². The van der Waals surface area contributed by atoms with Crippen molar-refractivity contribution in [2.24, 2.45) is 0 Å². The van der Waals surface area contributed by atoms with Crippen molar-refractivity contribution in [3.63, 3.8) is 0 Å². The van der Waals surface area contributed by atoms with E-state index in [0.29, 0.717) is 16.4 Å². The summed E-state index contributed by atoms with van der Waals surface area (Å²) < 4.78 is 1.66. The Morgan fingerprint density at radius 3 is 2.59 bits per heavy atom. The molecule has 0 unspecified atom stereocenters. The molecular weight excluding hydrogens is 362 g/mol. The fourth-order valence-electron chi connectivity index (χ4n) is 2.84. The highest BCUT2D eigenvalue weighted by Gasteiger charge is 2.14. The van der Waals surface area contributed by atoms with E-state index in [2.05, 4.69) is 34.1 Å². The van der Waals surface area contributed by atoms with Crippen LogP contribution in [-0.2, 0) is 0 Å². The van der Waals surface area contributed by atoms with Crippen LogP contribution >= 0.6 is 11.6 Å². The number of rotatable bonds is 6. The van der Waals surface area contributed by atoms with E-state index in [1.54, 1.807) is 29.1 Å². The largest absolute Gasteiger partial charge is 0.357 e. The lowest BCUT2D eigenvalue weighted by Gasteiger charge is -2.19. The number of amides is 1. The van der Waals surface area contributed by atoms with Gasteiger partial charge in [-0.15, -0.1) is 0 Å². The SMILES string of the molecule is CCN(CC)c1ccc(C(=O)Nc2cc(C)nn2-c2cccc(Cl)c2)cn1. The zero-order chi connectivity index (χ0) is 19.4. The quantitative estimate of drug-likeness (QED) is 0.688. The molecule has 0 saturated carbocycles. The van der Waals surface area contributed by atoms with Gasteiger partial charge in [0.05, 0.1) is 16.9 Å². The Labute approximate surface area is 163 Å².